The number of carbonyl (C=O) groups excluding carboxylic acids is 1. The summed E-state index contributed by atoms with van der Waals surface area (Å²) in [7, 11) is 0. The number of likely N-dealkylation sites (tertiary alicyclic amines) is 1. The lowest BCUT2D eigenvalue weighted by molar-refractivity contribution is 0.0684. The number of benzene rings is 2. The number of amides is 1. The van der Waals surface area contributed by atoms with Crippen molar-refractivity contribution in [3.05, 3.63) is 78.1 Å². The first kappa shape index (κ1) is 21.8. The SMILES string of the molecule is NCCC1CCN(C(=O)c2ccc(Oc3ccccc3)nc2Oc2ccc(F)cc2)CC1. The highest BCUT2D eigenvalue weighted by atomic mass is 19.1. The molecule has 1 aromatic heterocycles. The Hall–Kier alpha value is -3.45. The summed E-state index contributed by atoms with van der Waals surface area (Å²) in [5, 5.41) is 0. The van der Waals surface area contributed by atoms with Crippen molar-refractivity contribution in [2.24, 2.45) is 11.7 Å². The number of piperidine rings is 1. The van der Waals surface area contributed by atoms with Crippen LogP contribution in [0.15, 0.2) is 66.7 Å². The highest BCUT2D eigenvalue weighted by Crippen LogP contribution is 2.30. The molecule has 0 atom stereocenters. The zero-order valence-electron chi connectivity index (χ0n) is 17.7. The minimum absolute atomic E-state index is 0.124. The lowest BCUT2D eigenvalue weighted by Gasteiger charge is -2.32. The van der Waals surface area contributed by atoms with E-state index in [2.05, 4.69) is 4.98 Å². The molecule has 1 amide bonds. The molecule has 0 bridgehead atoms. The average Bonchev–Trinajstić information content (AvgIpc) is 2.82. The Labute approximate surface area is 186 Å². The van der Waals surface area contributed by atoms with Gasteiger partial charge in [-0.05, 0) is 74.2 Å². The molecule has 1 aliphatic rings. The fourth-order valence-corrected chi connectivity index (χ4v) is 3.78. The van der Waals surface area contributed by atoms with E-state index in [4.69, 9.17) is 15.2 Å². The number of hydrogen-bond donors (Lipinski definition) is 1. The zero-order valence-corrected chi connectivity index (χ0v) is 17.7. The second-order valence-corrected chi connectivity index (χ2v) is 7.79. The number of nitrogens with two attached hydrogens (primary N) is 1. The maximum atomic E-state index is 13.3. The molecular weight excluding hydrogens is 409 g/mol. The van der Waals surface area contributed by atoms with E-state index in [1.807, 2.05) is 35.2 Å². The standard InChI is InChI=1S/C25H26FN3O3/c26-19-6-8-21(9-7-19)32-24-22(25(30)29-16-13-18(12-15-27)14-17-29)10-11-23(28-24)31-20-4-2-1-3-5-20/h1-11,18H,12-17,27H2. The Morgan fingerprint density at radius 1 is 0.969 bits per heavy atom. The van der Waals surface area contributed by atoms with Gasteiger partial charge in [-0.25, -0.2) is 4.39 Å². The van der Waals surface area contributed by atoms with Crippen LogP contribution >= 0.6 is 0 Å². The summed E-state index contributed by atoms with van der Waals surface area (Å²) in [4.78, 5) is 19.5. The highest BCUT2D eigenvalue weighted by molar-refractivity contribution is 5.96. The molecule has 32 heavy (non-hydrogen) atoms. The Bertz CT molecular complexity index is 1040. The van der Waals surface area contributed by atoms with E-state index in [-0.39, 0.29) is 17.6 Å². The molecule has 7 heteroatoms. The molecular formula is C25H26FN3O3. The van der Waals surface area contributed by atoms with Crippen LogP contribution in [-0.2, 0) is 0 Å². The van der Waals surface area contributed by atoms with Gasteiger partial charge in [-0.2, -0.15) is 4.98 Å². The monoisotopic (exact) mass is 435 g/mol. The molecule has 0 aliphatic carbocycles. The van der Waals surface area contributed by atoms with Gasteiger partial charge >= 0.3 is 0 Å². The van der Waals surface area contributed by atoms with Crippen LogP contribution in [0, 0.1) is 11.7 Å². The van der Waals surface area contributed by atoms with Crippen molar-refractivity contribution in [2.45, 2.75) is 19.3 Å². The number of para-hydroxylation sites is 1. The first-order chi connectivity index (χ1) is 15.6. The molecule has 0 unspecified atom stereocenters. The van der Waals surface area contributed by atoms with Crippen LogP contribution in [0.5, 0.6) is 23.3 Å². The molecule has 2 heterocycles. The molecule has 0 spiro atoms. The van der Waals surface area contributed by atoms with Crippen molar-refractivity contribution in [3.8, 4) is 23.3 Å². The number of carbonyl (C=O) groups is 1. The van der Waals surface area contributed by atoms with Crippen molar-refractivity contribution < 1.29 is 18.7 Å². The summed E-state index contributed by atoms with van der Waals surface area (Å²) in [6.45, 7) is 2.00. The van der Waals surface area contributed by atoms with Gasteiger partial charge in [0.15, 0.2) is 0 Å². The van der Waals surface area contributed by atoms with Gasteiger partial charge in [-0.1, -0.05) is 18.2 Å². The largest absolute Gasteiger partial charge is 0.439 e. The smallest absolute Gasteiger partial charge is 0.259 e. The van der Waals surface area contributed by atoms with Gasteiger partial charge in [0.2, 0.25) is 11.8 Å². The van der Waals surface area contributed by atoms with E-state index in [0.717, 1.165) is 19.3 Å². The number of rotatable bonds is 7. The second kappa shape index (κ2) is 10.2. The van der Waals surface area contributed by atoms with E-state index in [1.54, 1.807) is 12.1 Å². The van der Waals surface area contributed by atoms with Crippen LogP contribution in [0.25, 0.3) is 0 Å². The normalized spacial score (nSPS) is 14.2. The van der Waals surface area contributed by atoms with Crippen LogP contribution in [0.2, 0.25) is 0 Å². The molecule has 1 fully saturated rings. The van der Waals surface area contributed by atoms with Crippen molar-refractivity contribution >= 4 is 5.91 Å². The van der Waals surface area contributed by atoms with E-state index in [0.29, 0.717) is 48.5 Å². The van der Waals surface area contributed by atoms with Gasteiger partial charge < -0.3 is 20.1 Å². The fourth-order valence-electron chi connectivity index (χ4n) is 3.78. The molecule has 0 radical (unpaired) electrons. The summed E-state index contributed by atoms with van der Waals surface area (Å²) in [5.74, 6) is 1.46. The third-order valence-corrected chi connectivity index (χ3v) is 5.54. The van der Waals surface area contributed by atoms with Crippen LogP contribution in [0.1, 0.15) is 29.6 Å². The third kappa shape index (κ3) is 5.42. The van der Waals surface area contributed by atoms with E-state index < -0.39 is 0 Å². The number of halogens is 1. The maximum Gasteiger partial charge on any atom is 0.259 e. The summed E-state index contributed by atoms with van der Waals surface area (Å²) < 4.78 is 25.0. The molecule has 2 N–H and O–H groups in total. The average molecular weight is 435 g/mol. The Balaban J connectivity index is 1.58. The minimum Gasteiger partial charge on any atom is -0.439 e. The quantitative estimate of drug-likeness (QED) is 0.565. The van der Waals surface area contributed by atoms with Crippen LogP contribution in [-0.4, -0.2) is 35.4 Å². The summed E-state index contributed by atoms with van der Waals surface area (Å²) in [6, 6.07) is 18.1. The van der Waals surface area contributed by atoms with Gasteiger partial charge in [0.1, 0.15) is 22.9 Å². The molecule has 1 saturated heterocycles. The molecule has 6 nitrogen and oxygen atoms in total. The van der Waals surface area contributed by atoms with E-state index in [9.17, 15) is 9.18 Å². The van der Waals surface area contributed by atoms with Gasteiger partial charge in [-0.15, -0.1) is 0 Å². The number of hydrogen-bond acceptors (Lipinski definition) is 5. The predicted molar refractivity (Wildman–Crippen MR) is 120 cm³/mol. The van der Waals surface area contributed by atoms with Gasteiger partial charge in [0.25, 0.3) is 5.91 Å². The van der Waals surface area contributed by atoms with Crippen molar-refractivity contribution in [1.29, 1.82) is 0 Å². The Morgan fingerprint density at radius 3 is 2.34 bits per heavy atom. The highest BCUT2D eigenvalue weighted by Gasteiger charge is 2.26. The number of ether oxygens (including phenoxy) is 2. The van der Waals surface area contributed by atoms with Crippen molar-refractivity contribution in [2.75, 3.05) is 19.6 Å². The van der Waals surface area contributed by atoms with Gasteiger partial charge in [0.05, 0.1) is 0 Å². The predicted octanol–water partition coefficient (Wildman–Crippen LogP) is 5.01. The van der Waals surface area contributed by atoms with Gasteiger partial charge in [0, 0.05) is 19.2 Å². The topological polar surface area (TPSA) is 77.7 Å². The summed E-state index contributed by atoms with van der Waals surface area (Å²) in [6.07, 6.45) is 2.84. The summed E-state index contributed by atoms with van der Waals surface area (Å²) >= 11 is 0. The Morgan fingerprint density at radius 2 is 1.66 bits per heavy atom. The van der Waals surface area contributed by atoms with Gasteiger partial charge in [-0.3, -0.25) is 4.79 Å². The first-order valence-electron chi connectivity index (χ1n) is 10.8. The lowest BCUT2D eigenvalue weighted by atomic mass is 9.93. The zero-order chi connectivity index (χ0) is 22.3. The van der Waals surface area contributed by atoms with Crippen molar-refractivity contribution in [1.82, 2.24) is 9.88 Å². The molecule has 2 aromatic carbocycles. The van der Waals surface area contributed by atoms with Crippen LogP contribution in [0.3, 0.4) is 0 Å². The first-order valence-corrected chi connectivity index (χ1v) is 10.8. The second-order valence-electron chi connectivity index (χ2n) is 7.79. The van der Waals surface area contributed by atoms with E-state index in [1.165, 1.54) is 24.3 Å². The molecule has 166 valence electrons. The third-order valence-electron chi connectivity index (χ3n) is 5.54. The lowest BCUT2D eigenvalue weighted by Crippen LogP contribution is -2.39. The number of nitrogens with zero attached hydrogens (tertiary/aromatic N) is 2. The molecule has 1 aliphatic heterocycles. The minimum atomic E-state index is -0.372. The molecule has 4 rings (SSSR count). The summed E-state index contributed by atoms with van der Waals surface area (Å²) in [5.41, 5.74) is 6.02. The van der Waals surface area contributed by atoms with Crippen LogP contribution < -0.4 is 15.2 Å². The molecule has 3 aromatic rings. The maximum absolute atomic E-state index is 13.3. The molecule has 0 saturated carbocycles. The fraction of sp³-hybridized carbons (Fsp3) is 0.280. The number of aromatic nitrogens is 1. The van der Waals surface area contributed by atoms with Crippen LogP contribution in [0.4, 0.5) is 4.39 Å². The Kier molecular flexibility index (Phi) is 6.97. The van der Waals surface area contributed by atoms with Crippen molar-refractivity contribution in [3.63, 3.8) is 0 Å². The number of pyridine rings is 1. The van der Waals surface area contributed by atoms with E-state index >= 15 is 0 Å².